The molecule has 1 aromatic carbocycles. The van der Waals surface area contributed by atoms with Crippen molar-refractivity contribution in [1.29, 1.82) is 0 Å². The maximum atomic E-state index is 12.2. The van der Waals surface area contributed by atoms with Gasteiger partial charge in [-0.3, -0.25) is 14.8 Å². The lowest BCUT2D eigenvalue weighted by molar-refractivity contribution is -0.115. The zero-order valence-electron chi connectivity index (χ0n) is 14.1. The van der Waals surface area contributed by atoms with Crippen LogP contribution < -0.4 is 5.32 Å². The molecule has 0 bridgehead atoms. The second kappa shape index (κ2) is 6.27. The number of hydrogen-bond acceptors (Lipinski definition) is 5. The number of anilines is 1. The van der Waals surface area contributed by atoms with Crippen molar-refractivity contribution < 1.29 is 9.21 Å². The summed E-state index contributed by atoms with van der Waals surface area (Å²) in [6.07, 6.45) is 0.258. The third kappa shape index (κ3) is 3.34. The highest BCUT2D eigenvalue weighted by Gasteiger charge is 2.15. The van der Waals surface area contributed by atoms with Crippen LogP contribution in [-0.4, -0.2) is 25.9 Å². The number of benzene rings is 1. The van der Waals surface area contributed by atoms with Crippen LogP contribution in [0.5, 0.6) is 0 Å². The summed E-state index contributed by atoms with van der Waals surface area (Å²) in [7, 11) is 1.84. The number of nitrogens with one attached hydrogen (secondary N) is 1. The highest BCUT2D eigenvalue weighted by Crippen LogP contribution is 2.19. The van der Waals surface area contributed by atoms with E-state index in [4.69, 9.17) is 4.42 Å². The molecule has 0 saturated heterocycles. The Labute approximate surface area is 139 Å². The summed E-state index contributed by atoms with van der Waals surface area (Å²) in [5.41, 5.74) is 4.73. The molecule has 0 aliphatic rings. The van der Waals surface area contributed by atoms with Gasteiger partial charge in [0.05, 0.1) is 6.42 Å². The van der Waals surface area contributed by atoms with Gasteiger partial charge in [-0.05, 0) is 38.0 Å². The van der Waals surface area contributed by atoms with E-state index in [1.807, 2.05) is 52.1 Å². The maximum absolute atomic E-state index is 12.2. The van der Waals surface area contributed by atoms with E-state index in [1.165, 1.54) is 0 Å². The molecule has 0 atom stereocenters. The fourth-order valence-electron chi connectivity index (χ4n) is 2.37. The average molecular weight is 325 g/mol. The van der Waals surface area contributed by atoms with Crippen molar-refractivity contribution in [3.63, 3.8) is 0 Å². The molecule has 24 heavy (non-hydrogen) atoms. The fraction of sp³-hybridized carbons (Fsp3) is 0.294. The van der Waals surface area contributed by atoms with Gasteiger partial charge in [0.1, 0.15) is 5.69 Å². The number of nitrogens with zero attached hydrogens (tertiary/aromatic N) is 4. The average Bonchev–Trinajstić information content (AvgIpc) is 3.10. The lowest BCUT2D eigenvalue weighted by atomic mass is 10.0. The molecule has 7 heteroatoms. The van der Waals surface area contributed by atoms with Crippen molar-refractivity contribution in [2.24, 2.45) is 7.05 Å². The van der Waals surface area contributed by atoms with Gasteiger partial charge >= 0.3 is 6.01 Å². The summed E-state index contributed by atoms with van der Waals surface area (Å²) in [4.78, 5) is 12.2. The van der Waals surface area contributed by atoms with Crippen LogP contribution in [0.2, 0.25) is 0 Å². The molecule has 0 unspecified atom stereocenters. The van der Waals surface area contributed by atoms with Crippen molar-refractivity contribution in [2.75, 3.05) is 5.32 Å². The van der Waals surface area contributed by atoms with Crippen molar-refractivity contribution in [2.45, 2.75) is 27.2 Å². The van der Waals surface area contributed by atoms with Crippen molar-refractivity contribution in [3.05, 3.63) is 46.6 Å². The van der Waals surface area contributed by atoms with Gasteiger partial charge in [0.15, 0.2) is 0 Å². The number of hydrogen-bond donors (Lipinski definition) is 1. The number of amides is 1. The Balaban J connectivity index is 1.70. The van der Waals surface area contributed by atoms with Gasteiger partial charge in [-0.15, -0.1) is 5.10 Å². The SMILES string of the molecule is Cc1ccc(C)c(CC(=O)Nc2nnc(-c3cc(C)n(C)n3)o2)c1. The minimum absolute atomic E-state index is 0.0728. The van der Waals surface area contributed by atoms with Crippen LogP contribution in [0.25, 0.3) is 11.6 Å². The van der Waals surface area contributed by atoms with Gasteiger partial charge in [-0.25, -0.2) is 0 Å². The van der Waals surface area contributed by atoms with Crippen molar-refractivity contribution in [3.8, 4) is 11.6 Å². The van der Waals surface area contributed by atoms with E-state index in [1.54, 1.807) is 4.68 Å². The largest absolute Gasteiger partial charge is 0.401 e. The molecule has 0 aliphatic heterocycles. The first kappa shape index (κ1) is 15.9. The Bertz CT molecular complexity index is 875. The monoisotopic (exact) mass is 325 g/mol. The van der Waals surface area contributed by atoms with E-state index in [0.717, 1.165) is 22.4 Å². The first-order chi connectivity index (χ1) is 11.4. The van der Waals surface area contributed by atoms with Crippen molar-refractivity contribution >= 4 is 11.9 Å². The maximum Gasteiger partial charge on any atom is 0.322 e. The van der Waals surface area contributed by atoms with E-state index < -0.39 is 0 Å². The van der Waals surface area contributed by atoms with Gasteiger partial charge in [-0.1, -0.05) is 28.9 Å². The first-order valence-corrected chi connectivity index (χ1v) is 7.63. The molecule has 0 saturated carbocycles. The second-order valence-corrected chi connectivity index (χ2v) is 5.86. The molecule has 0 spiro atoms. The molecule has 0 aliphatic carbocycles. The normalized spacial score (nSPS) is 10.8. The topological polar surface area (TPSA) is 85.8 Å². The summed E-state index contributed by atoms with van der Waals surface area (Å²) >= 11 is 0. The zero-order chi connectivity index (χ0) is 17.3. The summed E-state index contributed by atoms with van der Waals surface area (Å²) in [5.74, 6) is 0.0804. The molecule has 1 amide bonds. The number of rotatable bonds is 4. The Morgan fingerprint density at radius 3 is 2.71 bits per heavy atom. The second-order valence-electron chi connectivity index (χ2n) is 5.86. The molecule has 0 radical (unpaired) electrons. The number of carbonyl (C=O) groups is 1. The third-order valence-corrected chi connectivity index (χ3v) is 3.86. The highest BCUT2D eigenvalue weighted by molar-refractivity contribution is 5.90. The molecule has 2 heterocycles. The van der Waals surface area contributed by atoms with Gasteiger partial charge in [0.25, 0.3) is 5.89 Å². The summed E-state index contributed by atoms with van der Waals surface area (Å²) in [6, 6.07) is 7.95. The number of aromatic nitrogens is 4. The molecule has 3 aromatic rings. The Hall–Kier alpha value is -2.96. The first-order valence-electron chi connectivity index (χ1n) is 7.63. The zero-order valence-corrected chi connectivity index (χ0v) is 14.1. The number of carbonyl (C=O) groups excluding carboxylic acids is 1. The molecule has 124 valence electrons. The van der Waals surface area contributed by atoms with E-state index in [0.29, 0.717) is 5.69 Å². The van der Waals surface area contributed by atoms with Crippen LogP contribution >= 0.6 is 0 Å². The Kier molecular flexibility index (Phi) is 4.16. The van der Waals surface area contributed by atoms with Gasteiger partial charge in [0, 0.05) is 12.7 Å². The van der Waals surface area contributed by atoms with Gasteiger partial charge in [0.2, 0.25) is 5.91 Å². The predicted molar refractivity (Wildman–Crippen MR) is 89.5 cm³/mol. The van der Waals surface area contributed by atoms with E-state index >= 15 is 0 Å². The smallest absolute Gasteiger partial charge is 0.322 e. The molecule has 0 fully saturated rings. The Morgan fingerprint density at radius 2 is 2.00 bits per heavy atom. The number of aryl methyl sites for hydroxylation is 4. The lowest BCUT2D eigenvalue weighted by Gasteiger charge is -2.06. The molecule has 1 N–H and O–H groups in total. The minimum atomic E-state index is -0.198. The van der Waals surface area contributed by atoms with E-state index in [2.05, 4.69) is 20.6 Å². The molecule has 7 nitrogen and oxygen atoms in total. The molecular formula is C17H19N5O2. The van der Waals surface area contributed by atoms with Crippen LogP contribution in [0.4, 0.5) is 6.01 Å². The van der Waals surface area contributed by atoms with Gasteiger partial charge < -0.3 is 4.42 Å². The van der Waals surface area contributed by atoms with E-state index in [-0.39, 0.29) is 24.2 Å². The summed E-state index contributed by atoms with van der Waals surface area (Å²) < 4.78 is 7.19. The van der Waals surface area contributed by atoms with Crippen molar-refractivity contribution in [1.82, 2.24) is 20.0 Å². The van der Waals surface area contributed by atoms with E-state index in [9.17, 15) is 4.79 Å². The predicted octanol–water partition coefficient (Wildman–Crippen LogP) is 2.58. The lowest BCUT2D eigenvalue weighted by Crippen LogP contribution is -2.15. The molecular weight excluding hydrogens is 306 g/mol. The quantitative estimate of drug-likeness (QED) is 0.797. The fourth-order valence-corrected chi connectivity index (χ4v) is 2.37. The molecule has 2 aromatic heterocycles. The van der Waals surface area contributed by atoms with Crippen LogP contribution in [0.1, 0.15) is 22.4 Å². The molecule has 3 rings (SSSR count). The standard InChI is InChI=1S/C17H19N5O2/c1-10-5-6-11(2)13(7-10)9-15(23)18-17-20-19-16(24-17)14-8-12(3)22(4)21-14/h5-8H,9H2,1-4H3,(H,18,20,23). The van der Waals surface area contributed by atoms with Crippen LogP contribution in [0.3, 0.4) is 0 Å². The van der Waals surface area contributed by atoms with Crippen LogP contribution in [0, 0.1) is 20.8 Å². The third-order valence-electron chi connectivity index (χ3n) is 3.86. The minimum Gasteiger partial charge on any atom is -0.401 e. The van der Waals surface area contributed by atoms with Crippen LogP contribution in [-0.2, 0) is 18.3 Å². The summed E-state index contributed by atoms with van der Waals surface area (Å²) in [6.45, 7) is 5.91. The summed E-state index contributed by atoms with van der Waals surface area (Å²) in [5, 5.41) is 14.7. The highest BCUT2D eigenvalue weighted by atomic mass is 16.4. The van der Waals surface area contributed by atoms with Crippen LogP contribution in [0.15, 0.2) is 28.7 Å². The van der Waals surface area contributed by atoms with Gasteiger partial charge in [-0.2, -0.15) is 5.10 Å². The Morgan fingerprint density at radius 1 is 1.21 bits per heavy atom.